The molecule has 0 bridgehead atoms. The lowest BCUT2D eigenvalue weighted by atomic mass is 10.1. The van der Waals surface area contributed by atoms with E-state index in [4.69, 9.17) is 0 Å². The Morgan fingerprint density at radius 2 is 1.42 bits per heavy atom. The molecule has 0 unspecified atom stereocenters. The molecule has 0 amide bonds. The molecule has 92 valence electrons. The Kier molecular flexibility index (Phi) is 2.99. The number of anilines is 2. The number of hydrogen-bond donors (Lipinski definition) is 1. The van der Waals surface area contributed by atoms with Crippen LogP contribution in [0.4, 0.5) is 11.4 Å². The zero-order valence-corrected chi connectivity index (χ0v) is 10.3. The molecule has 0 aliphatic heterocycles. The van der Waals surface area contributed by atoms with Crippen LogP contribution in [0.5, 0.6) is 0 Å². The molecule has 0 aromatic heterocycles. The number of carbonyl (C=O) groups is 1. The quantitative estimate of drug-likeness (QED) is 0.695. The summed E-state index contributed by atoms with van der Waals surface area (Å²) in [4.78, 5) is 11.0. The van der Waals surface area contributed by atoms with Gasteiger partial charge in [-0.1, -0.05) is 48.5 Å². The highest BCUT2D eigenvalue weighted by atomic mass is 16.1. The van der Waals surface area contributed by atoms with Gasteiger partial charge in [-0.25, -0.2) is 0 Å². The van der Waals surface area contributed by atoms with Gasteiger partial charge in [0, 0.05) is 22.3 Å². The zero-order valence-electron chi connectivity index (χ0n) is 10.3. The molecule has 0 aliphatic carbocycles. The summed E-state index contributed by atoms with van der Waals surface area (Å²) in [6.45, 7) is 0. The first-order chi connectivity index (χ1) is 9.38. The van der Waals surface area contributed by atoms with Crippen molar-refractivity contribution in [3.8, 4) is 0 Å². The van der Waals surface area contributed by atoms with E-state index in [-0.39, 0.29) is 0 Å². The van der Waals surface area contributed by atoms with Crippen molar-refractivity contribution < 1.29 is 4.79 Å². The number of rotatable bonds is 3. The van der Waals surface area contributed by atoms with Crippen LogP contribution in [0.25, 0.3) is 10.8 Å². The summed E-state index contributed by atoms with van der Waals surface area (Å²) in [7, 11) is 0. The molecule has 0 atom stereocenters. The summed E-state index contributed by atoms with van der Waals surface area (Å²) in [5, 5.41) is 5.66. The number of para-hydroxylation sites is 1. The van der Waals surface area contributed by atoms with Gasteiger partial charge in [0.25, 0.3) is 0 Å². The van der Waals surface area contributed by atoms with Crippen LogP contribution in [0, 0.1) is 0 Å². The summed E-state index contributed by atoms with van der Waals surface area (Å²) in [6.07, 6.45) is 0.869. The fraction of sp³-hybridized carbons (Fsp3) is 0. The van der Waals surface area contributed by atoms with Crippen LogP contribution < -0.4 is 5.32 Å². The second kappa shape index (κ2) is 4.94. The molecule has 0 heterocycles. The third kappa shape index (κ3) is 2.20. The van der Waals surface area contributed by atoms with Gasteiger partial charge in [-0.3, -0.25) is 4.79 Å². The predicted octanol–water partition coefficient (Wildman–Crippen LogP) is 4.40. The maximum absolute atomic E-state index is 11.0. The van der Waals surface area contributed by atoms with Crippen molar-refractivity contribution in [1.29, 1.82) is 0 Å². The van der Waals surface area contributed by atoms with E-state index in [1.54, 1.807) is 6.07 Å². The molecule has 2 nitrogen and oxygen atoms in total. The van der Waals surface area contributed by atoms with E-state index >= 15 is 0 Å². The second-order valence-electron chi connectivity index (χ2n) is 4.36. The van der Waals surface area contributed by atoms with Crippen LogP contribution in [0.3, 0.4) is 0 Å². The monoisotopic (exact) mass is 247 g/mol. The maximum Gasteiger partial charge on any atom is 0.152 e. The van der Waals surface area contributed by atoms with Gasteiger partial charge in [0.1, 0.15) is 0 Å². The van der Waals surface area contributed by atoms with Gasteiger partial charge in [-0.05, 0) is 23.6 Å². The lowest BCUT2D eigenvalue weighted by Gasteiger charge is -2.11. The predicted molar refractivity (Wildman–Crippen MR) is 79.1 cm³/mol. The summed E-state index contributed by atoms with van der Waals surface area (Å²) < 4.78 is 0. The molecule has 3 rings (SSSR count). The van der Waals surface area contributed by atoms with Gasteiger partial charge >= 0.3 is 0 Å². The Hall–Kier alpha value is -2.61. The molecule has 0 saturated carbocycles. The molecular formula is C17H13NO. The standard InChI is InChI=1S/C17H13NO/c19-12-14-7-2-4-10-16(14)18-17-11-5-8-13-6-1-3-9-15(13)17/h1-12,18H. The Morgan fingerprint density at radius 3 is 2.32 bits per heavy atom. The average Bonchev–Trinajstić information content (AvgIpc) is 2.48. The summed E-state index contributed by atoms with van der Waals surface area (Å²) in [5.41, 5.74) is 2.50. The van der Waals surface area contributed by atoms with Crippen LogP contribution in [-0.4, -0.2) is 6.29 Å². The number of hydrogen-bond acceptors (Lipinski definition) is 2. The second-order valence-corrected chi connectivity index (χ2v) is 4.36. The first-order valence-electron chi connectivity index (χ1n) is 6.17. The van der Waals surface area contributed by atoms with Gasteiger partial charge < -0.3 is 5.32 Å². The molecule has 0 fully saturated rings. The van der Waals surface area contributed by atoms with Gasteiger partial charge in [0.05, 0.1) is 0 Å². The summed E-state index contributed by atoms with van der Waals surface area (Å²) >= 11 is 0. The van der Waals surface area contributed by atoms with Gasteiger partial charge in [0.2, 0.25) is 0 Å². The van der Waals surface area contributed by atoms with Crippen LogP contribution in [0.15, 0.2) is 66.7 Å². The smallest absolute Gasteiger partial charge is 0.152 e. The topological polar surface area (TPSA) is 29.1 Å². The Bertz CT molecular complexity index is 729. The van der Waals surface area contributed by atoms with Crippen LogP contribution in [-0.2, 0) is 0 Å². The lowest BCUT2D eigenvalue weighted by Crippen LogP contribution is -1.95. The number of carbonyl (C=O) groups excluding carboxylic acids is 1. The molecule has 0 aliphatic rings. The van der Waals surface area contributed by atoms with Crippen LogP contribution >= 0.6 is 0 Å². The third-order valence-corrected chi connectivity index (χ3v) is 3.15. The third-order valence-electron chi connectivity index (χ3n) is 3.15. The lowest BCUT2D eigenvalue weighted by molar-refractivity contribution is 0.112. The molecule has 19 heavy (non-hydrogen) atoms. The summed E-state index contributed by atoms with van der Waals surface area (Å²) in [6, 6.07) is 21.8. The van der Waals surface area contributed by atoms with Gasteiger partial charge in [-0.2, -0.15) is 0 Å². The van der Waals surface area contributed by atoms with Crippen molar-refractivity contribution in [2.75, 3.05) is 5.32 Å². The Morgan fingerprint density at radius 1 is 0.737 bits per heavy atom. The minimum absolute atomic E-state index is 0.662. The van der Waals surface area contributed by atoms with E-state index < -0.39 is 0 Å². The first kappa shape index (κ1) is 11.5. The van der Waals surface area contributed by atoms with Crippen molar-refractivity contribution in [3.05, 3.63) is 72.3 Å². The molecule has 2 heteroatoms. The molecule has 1 N–H and O–H groups in total. The maximum atomic E-state index is 11.0. The average molecular weight is 247 g/mol. The minimum atomic E-state index is 0.662. The van der Waals surface area contributed by atoms with Crippen LogP contribution in [0.2, 0.25) is 0 Å². The van der Waals surface area contributed by atoms with Crippen molar-refractivity contribution in [2.24, 2.45) is 0 Å². The minimum Gasteiger partial charge on any atom is -0.354 e. The van der Waals surface area contributed by atoms with Crippen molar-refractivity contribution >= 4 is 28.4 Å². The highest BCUT2D eigenvalue weighted by Gasteiger charge is 2.03. The van der Waals surface area contributed by atoms with Gasteiger partial charge in [0.15, 0.2) is 6.29 Å². The molecule has 0 spiro atoms. The number of benzene rings is 3. The van der Waals surface area contributed by atoms with E-state index in [2.05, 4.69) is 23.5 Å². The Labute approximate surface area is 111 Å². The number of aldehydes is 1. The molecule has 0 radical (unpaired) electrons. The number of fused-ring (bicyclic) bond motifs is 1. The van der Waals surface area contributed by atoms with Crippen molar-refractivity contribution in [3.63, 3.8) is 0 Å². The molecule has 0 saturated heterocycles. The molecule has 3 aromatic rings. The van der Waals surface area contributed by atoms with Crippen molar-refractivity contribution in [2.45, 2.75) is 0 Å². The Balaban J connectivity index is 2.08. The number of nitrogens with one attached hydrogen (secondary N) is 1. The van der Waals surface area contributed by atoms with E-state index in [0.717, 1.165) is 23.0 Å². The molecular weight excluding hydrogens is 234 g/mol. The van der Waals surface area contributed by atoms with E-state index in [1.165, 1.54) is 5.39 Å². The van der Waals surface area contributed by atoms with E-state index in [0.29, 0.717) is 5.56 Å². The fourth-order valence-corrected chi connectivity index (χ4v) is 2.19. The normalized spacial score (nSPS) is 10.3. The SMILES string of the molecule is O=Cc1ccccc1Nc1cccc2ccccc12. The first-order valence-corrected chi connectivity index (χ1v) is 6.17. The zero-order chi connectivity index (χ0) is 13.1. The van der Waals surface area contributed by atoms with Gasteiger partial charge in [-0.15, -0.1) is 0 Å². The van der Waals surface area contributed by atoms with Crippen molar-refractivity contribution in [1.82, 2.24) is 0 Å². The van der Waals surface area contributed by atoms with E-state index in [1.807, 2.05) is 42.5 Å². The van der Waals surface area contributed by atoms with E-state index in [9.17, 15) is 4.79 Å². The van der Waals surface area contributed by atoms with Crippen LogP contribution in [0.1, 0.15) is 10.4 Å². The highest BCUT2D eigenvalue weighted by Crippen LogP contribution is 2.27. The summed E-state index contributed by atoms with van der Waals surface area (Å²) in [5.74, 6) is 0. The fourth-order valence-electron chi connectivity index (χ4n) is 2.19. The molecule has 3 aromatic carbocycles. The highest BCUT2D eigenvalue weighted by molar-refractivity contribution is 5.97. The largest absolute Gasteiger partial charge is 0.354 e.